The predicted octanol–water partition coefficient (Wildman–Crippen LogP) is 3.59. The van der Waals surface area contributed by atoms with Gasteiger partial charge < -0.3 is 0 Å². The molecule has 1 unspecified atom stereocenters. The molecule has 1 atom stereocenters. The molecule has 0 bridgehead atoms. The molecular formula is C10H16ClNS. The topological polar surface area (TPSA) is 12.9 Å². The molecule has 1 rings (SSSR count). The van der Waals surface area contributed by atoms with Crippen molar-refractivity contribution in [3.63, 3.8) is 0 Å². The Balaban J connectivity index is 2.60. The van der Waals surface area contributed by atoms with E-state index >= 15 is 0 Å². The van der Waals surface area contributed by atoms with Gasteiger partial charge in [0, 0.05) is 17.0 Å². The maximum absolute atomic E-state index is 5.95. The van der Waals surface area contributed by atoms with Crippen molar-refractivity contribution < 1.29 is 0 Å². The first-order valence-corrected chi connectivity index (χ1v) is 5.89. The van der Waals surface area contributed by atoms with E-state index in [0.29, 0.717) is 5.92 Å². The van der Waals surface area contributed by atoms with Crippen LogP contribution in [0.5, 0.6) is 0 Å². The quantitative estimate of drug-likeness (QED) is 0.706. The third kappa shape index (κ3) is 3.28. The maximum atomic E-state index is 5.95. The molecule has 1 aromatic heterocycles. The Morgan fingerprint density at radius 1 is 1.54 bits per heavy atom. The zero-order chi connectivity index (χ0) is 9.90. The fraction of sp³-hybridized carbons (Fsp3) is 0.700. The Labute approximate surface area is 89.1 Å². The second-order valence-corrected chi connectivity index (χ2v) is 5.67. The van der Waals surface area contributed by atoms with E-state index in [0.717, 1.165) is 12.3 Å². The molecule has 1 aromatic rings. The molecule has 0 N–H and O–H groups in total. The number of hydrogen-bond donors (Lipinski definition) is 0. The van der Waals surface area contributed by atoms with Crippen LogP contribution in [-0.2, 0) is 6.42 Å². The van der Waals surface area contributed by atoms with Crippen molar-refractivity contribution in [2.45, 2.75) is 27.2 Å². The van der Waals surface area contributed by atoms with Gasteiger partial charge in [-0.15, -0.1) is 22.9 Å². The molecule has 0 saturated carbocycles. The van der Waals surface area contributed by atoms with E-state index in [1.165, 1.54) is 4.88 Å². The zero-order valence-electron chi connectivity index (χ0n) is 8.38. The Kier molecular flexibility index (Phi) is 3.74. The molecule has 0 aromatic carbocycles. The lowest BCUT2D eigenvalue weighted by Crippen LogP contribution is -2.23. The van der Waals surface area contributed by atoms with Gasteiger partial charge in [-0.1, -0.05) is 20.8 Å². The van der Waals surface area contributed by atoms with E-state index in [1.807, 2.05) is 11.7 Å². The van der Waals surface area contributed by atoms with Crippen molar-refractivity contribution in [1.82, 2.24) is 4.98 Å². The summed E-state index contributed by atoms with van der Waals surface area (Å²) < 4.78 is 0. The average molecular weight is 218 g/mol. The first-order chi connectivity index (χ1) is 6.04. The van der Waals surface area contributed by atoms with Crippen LogP contribution in [0, 0.1) is 11.3 Å². The Hall–Kier alpha value is -0.0800. The van der Waals surface area contributed by atoms with Gasteiger partial charge in [-0.05, 0) is 17.8 Å². The summed E-state index contributed by atoms with van der Waals surface area (Å²) in [6, 6.07) is 0. The molecule has 0 fully saturated rings. The second kappa shape index (κ2) is 4.43. The number of aromatic nitrogens is 1. The summed E-state index contributed by atoms with van der Waals surface area (Å²) in [6.07, 6.45) is 2.99. The summed E-state index contributed by atoms with van der Waals surface area (Å²) in [6.45, 7) is 6.71. The lowest BCUT2D eigenvalue weighted by Gasteiger charge is -2.28. The van der Waals surface area contributed by atoms with Crippen molar-refractivity contribution in [3.8, 4) is 0 Å². The average Bonchev–Trinajstić information content (AvgIpc) is 2.49. The summed E-state index contributed by atoms with van der Waals surface area (Å²) in [5.74, 6) is 1.26. The fourth-order valence-electron chi connectivity index (χ4n) is 1.18. The van der Waals surface area contributed by atoms with E-state index in [1.54, 1.807) is 11.3 Å². The summed E-state index contributed by atoms with van der Waals surface area (Å²) >= 11 is 7.67. The van der Waals surface area contributed by atoms with Crippen molar-refractivity contribution in [1.29, 1.82) is 0 Å². The zero-order valence-corrected chi connectivity index (χ0v) is 9.95. The SMILES string of the molecule is CC(C)(C)C(CCl)Cc1cncs1. The van der Waals surface area contributed by atoms with Gasteiger partial charge in [0.1, 0.15) is 0 Å². The summed E-state index contributed by atoms with van der Waals surface area (Å²) in [5.41, 5.74) is 2.16. The summed E-state index contributed by atoms with van der Waals surface area (Å²) in [7, 11) is 0. The van der Waals surface area contributed by atoms with Crippen molar-refractivity contribution in [3.05, 3.63) is 16.6 Å². The Morgan fingerprint density at radius 3 is 2.62 bits per heavy atom. The van der Waals surface area contributed by atoms with E-state index in [9.17, 15) is 0 Å². The fourth-order valence-corrected chi connectivity index (χ4v) is 2.43. The van der Waals surface area contributed by atoms with Crippen LogP contribution in [0.25, 0.3) is 0 Å². The van der Waals surface area contributed by atoms with Crippen LogP contribution in [0.2, 0.25) is 0 Å². The highest BCUT2D eigenvalue weighted by Crippen LogP contribution is 2.30. The molecule has 74 valence electrons. The molecule has 0 radical (unpaired) electrons. The predicted molar refractivity (Wildman–Crippen MR) is 59.5 cm³/mol. The van der Waals surface area contributed by atoms with Crippen LogP contribution < -0.4 is 0 Å². The standard InChI is InChI=1S/C10H16ClNS/c1-10(2,3)8(5-11)4-9-6-12-7-13-9/h6-8H,4-5H2,1-3H3. The third-order valence-corrected chi connectivity index (χ3v) is 3.52. The molecule has 0 saturated heterocycles. The second-order valence-electron chi connectivity index (χ2n) is 4.39. The van der Waals surface area contributed by atoms with Crippen molar-refractivity contribution in [2.24, 2.45) is 11.3 Å². The molecule has 0 amide bonds. The summed E-state index contributed by atoms with van der Waals surface area (Å²) in [4.78, 5) is 5.40. The third-order valence-electron chi connectivity index (χ3n) is 2.34. The number of hydrogen-bond acceptors (Lipinski definition) is 2. The Morgan fingerprint density at radius 2 is 2.23 bits per heavy atom. The molecule has 0 spiro atoms. The highest BCUT2D eigenvalue weighted by Gasteiger charge is 2.24. The molecule has 13 heavy (non-hydrogen) atoms. The van der Waals surface area contributed by atoms with Crippen LogP contribution in [0.15, 0.2) is 11.7 Å². The molecule has 3 heteroatoms. The molecule has 1 heterocycles. The highest BCUT2D eigenvalue weighted by molar-refractivity contribution is 7.09. The van der Waals surface area contributed by atoms with Gasteiger partial charge in [0.25, 0.3) is 0 Å². The minimum absolute atomic E-state index is 0.283. The van der Waals surface area contributed by atoms with Crippen molar-refractivity contribution in [2.75, 3.05) is 5.88 Å². The van der Waals surface area contributed by atoms with Crippen LogP contribution in [0.3, 0.4) is 0 Å². The minimum atomic E-state index is 0.283. The van der Waals surface area contributed by atoms with Gasteiger partial charge in [-0.25, -0.2) is 0 Å². The minimum Gasteiger partial charge on any atom is -0.253 e. The largest absolute Gasteiger partial charge is 0.253 e. The molecule has 0 aliphatic carbocycles. The van der Waals surface area contributed by atoms with Crippen LogP contribution in [0.4, 0.5) is 0 Å². The number of halogens is 1. The van der Waals surface area contributed by atoms with Gasteiger partial charge in [-0.2, -0.15) is 0 Å². The number of alkyl halides is 1. The van der Waals surface area contributed by atoms with Crippen LogP contribution in [0.1, 0.15) is 25.6 Å². The highest BCUT2D eigenvalue weighted by atomic mass is 35.5. The summed E-state index contributed by atoms with van der Waals surface area (Å²) in [5, 5.41) is 0. The first-order valence-electron chi connectivity index (χ1n) is 4.47. The molecular weight excluding hydrogens is 202 g/mol. The molecule has 0 aliphatic rings. The number of nitrogens with zero attached hydrogens (tertiary/aromatic N) is 1. The lowest BCUT2D eigenvalue weighted by molar-refractivity contribution is 0.265. The molecule has 0 aliphatic heterocycles. The van der Waals surface area contributed by atoms with Gasteiger partial charge in [-0.3, -0.25) is 4.98 Å². The monoisotopic (exact) mass is 217 g/mol. The maximum Gasteiger partial charge on any atom is 0.0794 e. The first kappa shape index (κ1) is 11.0. The van der Waals surface area contributed by atoms with Crippen molar-refractivity contribution >= 4 is 22.9 Å². The van der Waals surface area contributed by atoms with Crippen LogP contribution in [-0.4, -0.2) is 10.9 Å². The number of rotatable bonds is 3. The Bertz CT molecular complexity index is 238. The van der Waals surface area contributed by atoms with Gasteiger partial charge in [0.05, 0.1) is 5.51 Å². The van der Waals surface area contributed by atoms with Crippen LogP contribution >= 0.6 is 22.9 Å². The van der Waals surface area contributed by atoms with Gasteiger partial charge in [0.15, 0.2) is 0 Å². The number of thiazole rings is 1. The normalized spacial score (nSPS) is 14.5. The van der Waals surface area contributed by atoms with Gasteiger partial charge in [0.2, 0.25) is 0 Å². The van der Waals surface area contributed by atoms with E-state index < -0.39 is 0 Å². The smallest absolute Gasteiger partial charge is 0.0794 e. The van der Waals surface area contributed by atoms with E-state index in [-0.39, 0.29) is 5.41 Å². The molecule has 1 nitrogen and oxygen atoms in total. The van der Waals surface area contributed by atoms with E-state index in [2.05, 4.69) is 25.8 Å². The van der Waals surface area contributed by atoms with Gasteiger partial charge >= 0.3 is 0 Å². The lowest BCUT2D eigenvalue weighted by atomic mass is 9.80. The van der Waals surface area contributed by atoms with E-state index in [4.69, 9.17) is 11.6 Å².